The highest BCUT2D eigenvalue weighted by molar-refractivity contribution is 6.26. The Morgan fingerprint density at radius 1 is 1.03 bits per heavy atom. The predicted octanol–water partition coefficient (Wildman–Crippen LogP) is 6.88. The van der Waals surface area contributed by atoms with Gasteiger partial charge in [0.15, 0.2) is 5.84 Å². The predicted molar refractivity (Wildman–Crippen MR) is 149 cm³/mol. The first-order chi connectivity index (χ1) is 17.7. The van der Waals surface area contributed by atoms with Crippen LogP contribution in [0.5, 0.6) is 11.5 Å². The normalized spacial score (nSPS) is 14.1. The van der Waals surface area contributed by atoms with Gasteiger partial charge in [0.2, 0.25) is 0 Å². The fraction of sp³-hybridized carbons (Fsp3) is 0.467. The molecule has 0 saturated heterocycles. The number of ether oxygens (including phenoxy) is 3. The molecule has 37 heavy (non-hydrogen) atoms. The number of amidine groups is 1. The van der Waals surface area contributed by atoms with Gasteiger partial charge in [-0.15, -0.1) is 0 Å². The van der Waals surface area contributed by atoms with E-state index < -0.39 is 5.97 Å². The molecule has 2 aromatic rings. The molecule has 0 amide bonds. The van der Waals surface area contributed by atoms with Gasteiger partial charge >= 0.3 is 5.97 Å². The van der Waals surface area contributed by atoms with E-state index in [4.69, 9.17) is 19.2 Å². The van der Waals surface area contributed by atoms with Crippen molar-refractivity contribution in [3.63, 3.8) is 0 Å². The first-order valence-electron chi connectivity index (χ1n) is 13.0. The fourth-order valence-corrected chi connectivity index (χ4v) is 4.23. The van der Waals surface area contributed by atoms with Crippen LogP contribution >= 0.6 is 0 Å². The molecule has 1 aliphatic rings. The molecule has 200 valence electrons. The number of cyclic esters (lactones) is 1. The molecule has 1 N–H and O–H groups in total. The first-order valence-corrected chi connectivity index (χ1v) is 13.0. The van der Waals surface area contributed by atoms with Crippen LogP contribution in [0.25, 0.3) is 0 Å². The lowest BCUT2D eigenvalue weighted by Gasteiger charge is -2.28. The summed E-state index contributed by atoms with van der Waals surface area (Å²) < 4.78 is 16.1. The van der Waals surface area contributed by atoms with Gasteiger partial charge in [-0.2, -0.15) is 0 Å². The molecule has 1 aliphatic heterocycles. The molecule has 0 aliphatic carbocycles. The molecule has 0 aromatic heterocycles. The topological polar surface area (TPSA) is 80.6 Å². The maximum atomic E-state index is 12.8. The number of aliphatic hydroxyl groups is 1. The number of carbonyl (C=O) groups is 1. The molecule has 1 heterocycles. The van der Waals surface area contributed by atoms with Crippen LogP contribution in [0.3, 0.4) is 0 Å². The maximum Gasteiger partial charge on any atom is 0.345 e. The zero-order chi connectivity index (χ0) is 27.0. The highest BCUT2D eigenvalue weighted by Gasteiger charge is 2.33. The van der Waals surface area contributed by atoms with Gasteiger partial charge < -0.3 is 24.2 Å². The van der Waals surface area contributed by atoms with E-state index in [1.54, 1.807) is 32.4 Å². The number of rotatable bonds is 11. The number of hydrogen-bond donors (Lipinski definition) is 1. The molecule has 0 fully saturated rings. The summed E-state index contributed by atoms with van der Waals surface area (Å²) in [5.74, 6) is 0.742. The second-order valence-electron chi connectivity index (χ2n) is 10.2. The maximum absolute atomic E-state index is 12.8. The second kappa shape index (κ2) is 12.7. The summed E-state index contributed by atoms with van der Waals surface area (Å²) in [6, 6.07) is 13.6. The number of methoxy groups -OCH3 is 2. The van der Waals surface area contributed by atoms with Crippen molar-refractivity contribution in [3.8, 4) is 11.5 Å². The molecule has 2 aromatic carbocycles. The molecule has 0 unspecified atom stereocenters. The van der Waals surface area contributed by atoms with Crippen molar-refractivity contribution in [2.75, 3.05) is 32.3 Å². The second-order valence-corrected chi connectivity index (χ2v) is 10.2. The van der Waals surface area contributed by atoms with Gasteiger partial charge in [0.05, 0.1) is 14.2 Å². The molecule has 0 spiro atoms. The van der Waals surface area contributed by atoms with Gasteiger partial charge in [0, 0.05) is 18.3 Å². The molecule has 7 nitrogen and oxygen atoms in total. The minimum absolute atomic E-state index is 0.00689. The average Bonchev–Trinajstić information content (AvgIpc) is 3.22. The van der Waals surface area contributed by atoms with Gasteiger partial charge in [-0.25, -0.2) is 9.79 Å². The Hall–Kier alpha value is -3.48. The van der Waals surface area contributed by atoms with Crippen LogP contribution in [0.15, 0.2) is 58.8 Å². The van der Waals surface area contributed by atoms with Gasteiger partial charge in [-0.3, -0.25) is 0 Å². The molecule has 0 radical (unpaired) electrons. The summed E-state index contributed by atoms with van der Waals surface area (Å²) in [7, 11) is 3.15. The van der Waals surface area contributed by atoms with Crippen molar-refractivity contribution < 1.29 is 24.1 Å². The third-order valence-corrected chi connectivity index (χ3v) is 6.46. The van der Waals surface area contributed by atoms with Crippen LogP contribution in [0.4, 0.5) is 11.4 Å². The van der Waals surface area contributed by atoms with Crippen molar-refractivity contribution in [1.82, 2.24) is 0 Å². The Kier molecular flexibility index (Phi) is 9.61. The Bertz CT molecular complexity index is 1130. The summed E-state index contributed by atoms with van der Waals surface area (Å²) in [4.78, 5) is 19.7. The Morgan fingerprint density at radius 2 is 1.73 bits per heavy atom. The van der Waals surface area contributed by atoms with Crippen molar-refractivity contribution in [2.45, 2.75) is 65.2 Å². The van der Waals surface area contributed by atoms with E-state index in [1.165, 1.54) is 12.0 Å². The number of aliphatic hydroxyl groups excluding tert-OH is 1. The molecule has 0 atom stereocenters. The van der Waals surface area contributed by atoms with E-state index in [9.17, 15) is 9.90 Å². The van der Waals surface area contributed by atoms with Gasteiger partial charge in [-0.05, 0) is 41.7 Å². The van der Waals surface area contributed by atoms with E-state index in [2.05, 4.69) is 39.8 Å². The van der Waals surface area contributed by atoms with Crippen molar-refractivity contribution in [2.24, 2.45) is 4.99 Å². The molecule has 3 rings (SSSR count). The monoisotopic (exact) mass is 508 g/mol. The third kappa shape index (κ3) is 7.06. The van der Waals surface area contributed by atoms with E-state index >= 15 is 0 Å². The molecule has 0 bridgehead atoms. The molecular weight excluding hydrogens is 468 g/mol. The fourth-order valence-electron chi connectivity index (χ4n) is 4.23. The van der Waals surface area contributed by atoms with E-state index in [0.717, 1.165) is 31.4 Å². The van der Waals surface area contributed by atoms with Crippen LogP contribution in [0.1, 0.15) is 65.4 Å². The summed E-state index contributed by atoms with van der Waals surface area (Å²) in [5, 5.41) is 10.7. The van der Waals surface area contributed by atoms with Crippen LogP contribution in [0, 0.1) is 0 Å². The Morgan fingerprint density at radius 3 is 2.30 bits per heavy atom. The zero-order valence-electron chi connectivity index (χ0n) is 23.0. The van der Waals surface area contributed by atoms with E-state index in [0.29, 0.717) is 29.6 Å². The van der Waals surface area contributed by atoms with Crippen LogP contribution in [-0.4, -0.2) is 44.3 Å². The van der Waals surface area contributed by atoms with Crippen LogP contribution < -0.4 is 14.4 Å². The average molecular weight is 509 g/mol. The number of benzene rings is 2. The number of nitrogens with zero attached hydrogens (tertiary/aromatic N) is 2. The highest BCUT2D eigenvalue weighted by atomic mass is 16.5. The van der Waals surface area contributed by atoms with E-state index in [-0.39, 0.29) is 23.4 Å². The van der Waals surface area contributed by atoms with Crippen molar-refractivity contribution in [3.05, 3.63) is 59.4 Å². The largest absolute Gasteiger partial charge is 0.508 e. The van der Waals surface area contributed by atoms with Crippen molar-refractivity contribution in [1.29, 1.82) is 0 Å². The minimum Gasteiger partial charge on any atom is -0.508 e. The number of esters is 1. The van der Waals surface area contributed by atoms with Crippen LogP contribution in [0.2, 0.25) is 0 Å². The first kappa shape index (κ1) is 28.1. The number of anilines is 1. The third-order valence-electron chi connectivity index (χ3n) is 6.46. The Labute approximate surface area is 220 Å². The minimum atomic E-state index is -0.592. The highest BCUT2D eigenvalue weighted by Crippen LogP contribution is 2.34. The number of aliphatic imine (C=N–C) groups is 1. The lowest BCUT2D eigenvalue weighted by Crippen LogP contribution is -2.35. The van der Waals surface area contributed by atoms with Gasteiger partial charge in [-0.1, -0.05) is 65.5 Å². The summed E-state index contributed by atoms with van der Waals surface area (Å²) in [6.45, 7) is 9.17. The number of hydrogen-bond acceptors (Lipinski definition) is 6. The quantitative estimate of drug-likeness (QED) is 0.154. The zero-order valence-corrected chi connectivity index (χ0v) is 23.0. The van der Waals surface area contributed by atoms with Crippen LogP contribution in [-0.2, 0) is 14.9 Å². The molecule has 7 heteroatoms. The van der Waals surface area contributed by atoms with E-state index in [1.807, 2.05) is 17.0 Å². The molecular formula is C30H40N2O5. The lowest BCUT2D eigenvalue weighted by atomic mass is 9.87. The lowest BCUT2D eigenvalue weighted by molar-refractivity contribution is -0.135. The smallest absolute Gasteiger partial charge is 0.345 e. The SMILES string of the molecule is CCCCCCCN(C(=Nc1ccc(OC)cc1OC)C1=C(O)COC1=O)c1ccc(C(C)(C)C)cc1. The Balaban J connectivity index is 2.13. The van der Waals surface area contributed by atoms with Gasteiger partial charge in [0.25, 0.3) is 0 Å². The summed E-state index contributed by atoms with van der Waals surface area (Å²) in [5.41, 5.74) is 2.69. The number of carbonyl (C=O) groups excluding carboxylic acids is 1. The number of unbranched alkanes of at least 4 members (excludes halogenated alkanes) is 4. The summed E-state index contributed by atoms with van der Waals surface area (Å²) in [6.07, 6.45) is 5.45. The summed E-state index contributed by atoms with van der Waals surface area (Å²) >= 11 is 0. The van der Waals surface area contributed by atoms with Crippen molar-refractivity contribution >= 4 is 23.2 Å². The molecule has 0 saturated carbocycles. The van der Waals surface area contributed by atoms with Gasteiger partial charge in [0.1, 0.15) is 35.1 Å². The standard InChI is InChI=1S/C30H40N2O5/c1-7-8-9-10-11-18-32(22-14-12-21(13-15-22)30(2,3)4)28(27-25(33)20-37-29(27)34)31-24-17-16-23(35-5)19-26(24)36-6/h12-17,19,33H,7-11,18,20H2,1-6H3.